The van der Waals surface area contributed by atoms with Crippen LogP contribution >= 0.6 is 0 Å². The highest BCUT2D eigenvalue weighted by Crippen LogP contribution is 2.25. The third-order valence-electron chi connectivity index (χ3n) is 3.73. The summed E-state index contributed by atoms with van der Waals surface area (Å²) in [6.45, 7) is 3.90. The molecule has 2 N–H and O–H groups in total. The Hall–Kier alpha value is -2.07. The highest BCUT2D eigenvalue weighted by atomic mass is 16.3. The van der Waals surface area contributed by atoms with Crippen LogP contribution in [0, 0.1) is 13.8 Å². The molecule has 1 atom stereocenters. The Morgan fingerprint density at radius 2 is 2.05 bits per heavy atom. The van der Waals surface area contributed by atoms with Crippen molar-refractivity contribution >= 4 is 10.9 Å². The van der Waals surface area contributed by atoms with Crippen molar-refractivity contribution in [2.45, 2.75) is 26.3 Å². The van der Waals surface area contributed by atoms with Crippen LogP contribution in [0.1, 0.15) is 28.8 Å². The van der Waals surface area contributed by atoms with Crippen molar-refractivity contribution in [1.82, 2.24) is 9.78 Å². The molecule has 0 aliphatic rings. The molecule has 104 valence electrons. The average molecular weight is 269 g/mol. The minimum Gasteiger partial charge on any atom is -0.466 e. The van der Waals surface area contributed by atoms with Gasteiger partial charge in [-0.25, -0.2) is 0 Å². The van der Waals surface area contributed by atoms with Crippen molar-refractivity contribution in [2.24, 2.45) is 12.8 Å². The Kier molecular flexibility index (Phi) is 3.10. The molecule has 0 saturated heterocycles. The number of nitrogens with zero attached hydrogens (tertiary/aromatic N) is 2. The molecule has 3 rings (SSSR count). The number of furan rings is 1. The summed E-state index contributed by atoms with van der Waals surface area (Å²) >= 11 is 0. The monoisotopic (exact) mass is 269 g/mol. The van der Waals surface area contributed by atoms with Gasteiger partial charge in [0.1, 0.15) is 11.5 Å². The molecule has 4 heteroatoms. The molecule has 0 saturated carbocycles. The fourth-order valence-corrected chi connectivity index (χ4v) is 2.78. The van der Waals surface area contributed by atoms with Gasteiger partial charge in [0.25, 0.3) is 0 Å². The first-order valence-corrected chi connectivity index (χ1v) is 6.79. The summed E-state index contributed by atoms with van der Waals surface area (Å²) in [5.74, 6) is 1.80. The maximum Gasteiger partial charge on any atom is 0.105 e. The van der Waals surface area contributed by atoms with E-state index in [0.29, 0.717) is 6.42 Å². The largest absolute Gasteiger partial charge is 0.466 e. The van der Waals surface area contributed by atoms with E-state index < -0.39 is 0 Å². The summed E-state index contributed by atoms with van der Waals surface area (Å²) in [5.41, 5.74) is 9.57. The molecular formula is C16H19N3O. The Bertz CT molecular complexity index is 754. The summed E-state index contributed by atoms with van der Waals surface area (Å²) in [5, 5.41) is 5.77. The maximum atomic E-state index is 6.33. The van der Waals surface area contributed by atoms with Gasteiger partial charge in [-0.2, -0.15) is 5.10 Å². The highest BCUT2D eigenvalue weighted by molar-refractivity contribution is 5.81. The molecule has 2 aromatic heterocycles. The van der Waals surface area contributed by atoms with Gasteiger partial charge in [-0.1, -0.05) is 18.2 Å². The van der Waals surface area contributed by atoms with Gasteiger partial charge in [-0.3, -0.25) is 4.68 Å². The molecule has 0 spiro atoms. The number of hydrogen-bond donors (Lipinski definition) is 1. The molecular weight excluding hydrogens is 250 g/mol. The highest BCUT2D eigenvalue weighted by Gasteiger charge is 2.17. The third-order valence-corrected chi connectivity index (χ3v) is 3.73. The summed E-state index contributed by atoms with van der Waals surface area (Å²) in [7, 11) is 1.96. The zero-order valence-electron chi connectivity index (χ0n) is 12.1. The lowest BCUT2D eigenvalue weighted by atomic mass is 10.0. The van der Waals surface area contributed by atoms with Gasteiger partial charge in [0.2, 0.25) is 0 Å². The summed E-state index contributed by atoms with van der Waals surface area (Å²) in [4.78, 5) is 0. The van der Waals surface area contributed by atoms with Crippen molar-refractivity contribution in [3.8, 4) is 0 Å². The van der Waals surface area contributed by atoms with E-state index in [1.54, 1.807) is 0 Å². The van der Waals surface area contributed by atoms with Gasteiger partial charge in [0.05, 0.1) is 11.2 Å². The predicted molar refractivity (Wildman–Crippen MR) is 79.5 cm³/mol. The predicted octanol–water partition coefficient (Wildman–Crippen LogP) is 3.03. The second-order valence-corrected chi connectivity index (χ2v) is 5.27. The average Bonchev–Trinajstić information content (AvgIpc) is 2.91. The number of benzene rings is 1. The number of hydrogen-bond acceptors (Lipinski definition) is 3. The number of nitrogens with two attached hydrogens (primary N) is 1. The molecule has 3 aromatic rings. The Balaban J connectivity index is 1.95. The van der Waals surface area contributed by atoms with Crippen molar-refractivity contribution in [1.29, 1.82) is 0 Å². The second-order valence-electron chi connectivity index (χ2n) is 5.27. The molecule has 0 amide bonds. The van der Waals surface area contributed by atoms with Gasteiger partial charge in [-0.15, -0.1) is 0 Å². The third kappa shape index (κ3) is 2.12. The number of para-hydroxylation sites is 1. The summed E-state index contributed by atoms with van der Waals surface area (Å²) in [6, 6.07) is 10.2. The molecule has 4 nitrogen and oxygen atoms in total. The van der Waals surface area contributed by atoms with Crippen LogP contribution in [0.5, 0.6) is 0 Å². The van der Waals surface area contributed by atoms with Gasteiger partial charge in [0, 0.05) is 30.5 Å². The molecule has 0 aliphatic carbocycles. The fraction of sp³-hybridized carbons (Fsp3) is 0.312. The van der Waals surface area contributed by atoms with Crippen LogP contribution in [0.4, 0.5) is 0 Å². The Labute approximate surface area is 118 Å². The molecule has 0 fully saturated rings. The van der Waals surface area contributed by atoms with Gasteiger partial charge >= 0.3 is 0 Å². The Morgan fingerprint density at radius 1 is 1.30 bits per heavy atom. The lowest BCUT2D eigenvalue weighted by Gasteiger charge is -2.09. The molecule has 20 heavy (non-hydrogen) atoms. The SMILES string of the molecule is Cc1cc(C(N)Cc2nn(C)c3ccccc23)c(C)o1. The zero-order chi connectivity index (χ0) is 14.3. The van der Waals surface area contributed by atoms with Crippen molar-refractivity contribution in [3.63, 3.8) is 0 Å². The van der Waals surface area contributed by atoms with Crippen LogP contribution in [-0.2, 0) is 13.5 Å². The van der Waals surface area contributed by atoms with Crippen molar-refractivity contribution in [3.05, 3.63) is 53.1 Å². The zero-order valence-corrected chi connectivity index (χ0v) is 12.1. The van der Waals surface area contributed by atoms with Crippen LogP contribution in [-0.4, -0.2) is 9.78 Å². The van der Waals surface area contributed by atoms with Crippen LogP contribution in [0.3, 0.4) is 0 Å². The van der Waals surface area contributed by atoms with E-state index in [4.69, 9.17) is 10.2 Å². The van der Waals surface area contributed by atoms with E-state index in [1.807, 2.05) is 43.8 Å². The molecule has 0 radical (unpaired) electrons. The topological polar surface area (TPSA) is 57.0 Å². The second kappa shape index (κ2) is 4.80. The van der Waals surface area contributed by atoms with E-state index >= 15 is 0 Å². The number of aromatic nitrogens is 2. The molecule has 2 heterocycles. The fourth-order valence-electron chi connectivity index (χ4n) is 2.78. The number of fused-ring (bicyclic) bond motifs is 1. The first-order valence-electron chi connectivity index (χ1n) is 6.79. The van der Waals surface area contributed by atoms with Gasteiger partial charge in [0.15, 0.2) is 0 Å². The van der Waals surface area contributed by atoms with Crippen molar-refractivity contribution in [2.75, 3.05) is 0 Å². The molecule has 0 bridgehead atoms. The number of aryl methyl sites for hydroxylation is 3. The minimum absolute atomic E-state index is 0.0919. The van der Waals surface area contributed by atoms with Gasteiger partial charge in [-0.05, 0) is 26.0 Å². The van der Waals surface area contributed by atoms with Crippen LogP contribution < -0.4 is 5.73 Å². The summed E-state index contributed by atoms with van der Waals surface area (Å²) in [6.07, 6.45) is 0.709. The first kappa shape index (κ1) is 12.9. The molecule has 1 aromatic carbocycles. The molecule has 0 aliphatic heterocycles. The van der Waals surface area contributed by atoms with E-state index in [2.05, 4.69) is 17.2 Å². The van der Waals surface area contributed by atoms with Crippen LogP contribution in [0.2, 0.25) is 0 Å². The maximum absolute atomic E-state index is 6.33. The lowest BCUT2D eigenvalue weighted by molar-refractivity contribution is 0.497. The number of rotatable bonds is 3. The van der Waals surface area contributed by atoms with E-state index in [1.165, 1.54) is 5.39 Å². The van der Waals surface area contributed by atoms with E-state index in [9.17, 15) is 0 Å². The van der Waals surface area contributed by atoms with Crippen LogP contribution in [0.15, 0.2) is 34.7 Å². The summed E-state index contributed by atoms with van der Waals surface area (Å²) < 4.78 is 7.47. The minimum atomic E-state index is -0.0919. The smallest absolute Gasteiger partial charge is 0.105 e. The van der Waals surface area contributed by atoms with Gasteiger partial charge < -0.3 is 10.2 Å². The molecule has 1 unspecified atom stereocenters. The van der Waals surface area contributed by atoms with E-state index in [-0.39, 0.29) is 6.04 Å². The standard InChI is InChI=1S/C16H19N3O/c1-10-8-13(11(2)20-10)14(17)9-15-12-6-4-5-7-16(12)19(3)18-15/h4-8,14H,9,17H2,1-3H3. The Morgan fingerprint density at radius 3 is 2.75 bits per heavy atom. The first-order chi connectivity index (χ1) is 9.56. The van der Waals surface area contributed by atoms with Crippen molar-refractivity contribution < 1.29 is 4.42 Å². The quantitative estimate of drug-likeness (QED) is 0.795. The van der Waals surface area contributed by atoms with Crippen LogP contribution in [0.25, 0.3) is 10.9 Å². The normalized spacial score (nSPS) is 13.0. The van der Waals surface area contributed by atoms with E-state index in [0.717, 1.165) is 28.3 Å². The lowest BCUT2D eigenvalue weighted by Crippen LogP contribution is -2.14.